The van der Waals surface area contributed by atoms with Crippen LogP contribution in [-0.4, -0.2) is 9.55 Å². The van der Waals surface area contributed by atoms with Gasteiger partial charge in [-0.15, -0.1) is 0 Å². The molecule has 0 aliphatic heterocycles. The first-order valence-corrected chi connectivity index (χ1v) is 5.80. The molecule has 0 spiro atoms. The molecule has 98 valence electrons. The zero-order chi connectivity index (χ0) is 13.4. The van der Waals surface area contributed by atoms with E-state index in [1.165, 1.54) is 12.1 Å². The van der Waals surface area contributed by atoms with Gasteiger partial charge in [-0.05, 0) is 24.3 Å². The number of fused-ring (bicyclic) bond motifs is 1. The molecule has 1 atom stereocenters. The van der Waals surface area contributed by atoms with Gasteiger partial charge in [-0.25, -0.2) is 14.8 Å². The number of benzene rings is 1. The van der Waals surface area contributed by atoms with Crippen molar-refractivity contribution in [3.05, 3.63) is 54.1 Å². The van der Waals surface area contributed by atoms with Gasteiger partial charge in [0.2, 0.25) is 0 Å². The first kappa shape index (κ1) is 11.9. The van der Waals surface area contributed by atoms with Crippen LogP contribution in [-0.2, 0) is 7.05 Å². The highest BCUT2D eigenvalue weighted by Crippen LogP contribution is 2.27. The van der Waals surface area contributed by atoms with Crippen molar-refractivity contribution >= 4 is 11.0 Å². The lowest BCUT2D eigenvalue weighted by atomic mass is 10.1. The Hall–Kier alpha value is -2.18. The van der Waals surface area contributed by atoms with Crippen LogP contribution < -0.4 is 11.3 Å². The molecule has 0 saturated heterocycles. The van der Waals surface area contributed by atoms with E-state index in [-0.39, 0.29) is 11.9 Å². The normalized spacial score (nSPS) is 13.0. The number of hydrogen-bond acceptors (Lipinski definition) is 4. The summed E-state index contributed by atoms with van der Waals surface area (Å²) in [7, 11) is 1.87. The molecule has 0 bridgehead atoms. The number of aromatic nitrogens is 2. The van der Waals surface area contributed by atoms with Crippen LogP contribution in [0.3, 0.4) is 0 Å². The van der Waals surface area contributed by atoms with Crippen LogP contribution >= 0.6 is 0 Å². The fourth-order valence-corrected chi connectivity index (χ4v) is 2.14. The summed E-state index contributed by atoms with van der Waals surface area (Å²) in [6.45, 7) is 0. The standard InChI is InChI=1S/C13H13FN4O/c1-18-7-16-6-10(18)13(17-15)12-5-8-4-9(14)2-3-11(8)19-12/h2-7,13,17H,15H2,1H3. The van der Waals surface area contributed by atoms with Gasteiger partial charge in [-0.2, -0.15) is 0 Å². The maximum atomic E-state index is 13.2. The molecule has 0 aliphatic carbocycles. The largest absolute Gasteiger partial charge is 0.459 e. The van der Waals surface area contributed by atoms with Gasteiger partial charge in [0.25, 0.3) is 0 Å². The average Bonchev–Trinajstić information content (AvgIpc) is 2.97. The van der Waals surface area contributed by atoms with Gasteiger partial charge in [0.05, 0.1) is 18.2 Å². The Morgan fingerprint density at radius 3 is 2.95 bits per heavy atom. The van der Waals surface area contributed by atoms with Crippen molar-refractivity contribution in [2.45, 2.75) is 6.04 Å². The van der Waals surface area contributed by atoms with Crippen LogP contribution in [0.1, 0.15) is 17.5 Å². The van der Waals surface area contributed by atoms with E-state index in [1.54, 1.807) is 24.7 Å². The van der Waals surface area contributed by atoms with Gasteiger partial charge in [0.1, 0.15) is 23.2 Å². The van der Waals surface area contributed by atoms with Gasteiger partial charge in [-0.1, -0.05) is 0 Å². The highest BCUT2D eigenvalue weighted by Gasteiger charge is 2.20. The summed E-state index contributed by atoms with van der Waals surface area (Å²) in [4.78, 5) is 4.05. The number of hydrogen-bond donors (Lipinski definition) is 2. The van der Waals surface area contributed by atoms with E-state index in [0.717, 1.165) is 5.69 Å². The van der Waals surface area contributed by atoms with Crippen LogP contribution in [0.25, 0.3) is 11.0 Å². The monoisotopic (exact) mass is 260 g/mol. The quantitative estimate of drug-likeness (QED) is 0.557. The Morgan fingerprint density at radius 1 is 1.42 bits per heavy atom. The molecule has 0 radical (unpaired) electrons. The predicted octanol–water partition coefficient (Wildman–Crippen LogP) is 1.86. The second-order valence-electron chi connectivity index (χ2n) is 4.36. The number of imidazole rings is 1. The smallest absolute Gasteiger partial charge is 0.134 e. The SMILES string of the molecule is Cn1cncc1C(NN)c1cc2cc(F)ccc2o1. The summed E-state index contributed by atoms with van der Waals surface area (Å²) in [6, 6.07) is 5.84. The summed E-state index contributed by atoms with van der Waals surface area (Å²) < 4.78 is 20.7. The molecule has 2 aromatic heterocycles. The maximum Gasteiger partial charge on any atom is 0.134 e. The van der Waals surface area contributed by atoms with Crippen LogP contribution in [0.2, 0.25) is 0 Å². The van der Waals surface area contributed by atoms with Gasteiger partial charge < -0.3 is 8.98 Å². The van der Waals surface area contributed by atoms with E-state index in [2.05, 4.69) is 10.4 Å². The number of nitrogens with two attached hydrogens (primary N) is 1. The molecule has 5 nitrogen and oxygen atoms in total. The number of nitrogens with one attached hydrogen (secondary N) is 1. The molecular formula is C13H13FN4O. The average molecular weight is 260 g/mol. The molecule has 0 saturated carbocycles. The zero-order valence-electron chi connectivity index (χ0n) is 10.3. The summed E-state index contributed by atoms with van der Waals surface area (Å²) in [5.74, 6) is 5.91. The number of rotatable bonds is 3. The summed E-state index contributed by atoms with van der Waals surface area (Å²) in [5.41, 5.74) is 4.18. The van der Waals surface area contributed by atoms with Crippen LogP contribution in [0.15, 0.2) is 41.2 Å². The van der Waals surface area contributed by atoms with Crippen molar-refractivity contribution in [2.24, 2.45) is 12.9 Å². The summed E-state index contributed by atoms with van der Waals surface area (Å²) in [5, 5.41) is 0.706. The first-order chi connectivity index (χ1) is 9.19. The summed E-state index contributed by atoms with van der Waals surface area (Å²) >= 11 is 0. The fourth-order valence-electron chi connectivity index (χ4n) is 2.14. The molecular weight excluding hydrogens is 247 g/mol. The second kappa shape index (κ2) is 4.49. The molecule has 6 heteroatoms. The van der Waals surface area contributed by atoms with Crippen molar-refractivity contribution < 1.29 is 8.81 Å². The Balaban J connectivity index is 2.09. The van der Waals surface area contributed by atoms with Gasteiger partial charge in [0.15, 0.2) is 0 Å². The Morgan fingerprint density at radius 2 is 2.26 bits per heavy atom. The highest BCUT2D eigenvalue weighted by atomic mass is 19.1. The van der Waals surface area contributed by atoms with E-state index in [0.29, 0.717) is 16.7 Å². The molecule has 3 N–H and O–H groups in total. The molecule has 1 unspecified atom stereocenters. The third kappa shape index (κ3) is 2.00. The Labute approximate surface area is 108 Å². The molecule has 2 heterocycles. The third-order valence-electron chi connectivity index (χ3n) is 3.10. The summed E-state index contributed by atoms with van der Waals surface area (Å²) in [6.07, 6.45) is 3.39. The van der Waals surface area contributed by atoms with Gasteiger partial charge in [-0.3, -0.25) is 5.84 Å². The topological polar surface area (TPSA) is 69.0 Å². The predicted molar refractivity (Wildman–Crippen MR) is 68.5 cm³/mol. The van der Waals surface area contributed by atoms with Crippen LogP contribution in [0.4, 0.5) is 4.39 Å². The minimum Gasteiger partial charge on any atom is -0.459 e. The first-order valence-electron chi connectivity index (χ1n) is 5.80. The fraction of sp³-hybridized carbons (Fsp3) is 0.154. The second-order valence-corrected chi connectivity index (χ2v) is 4.36. The maximum absolute atomic E-state index is 13.2. The van der Waals surface area contributed by atoms with Crippen molar-refractivity contribution in [1.82, 2.24) is 15.0 Å². The Bertz CT molecular complexity index is 718. The number of halogens is 1. The third-order valence-corrected chi connectivity index (χ3v) is 3.10. The van der Waals surface area contributed by atoms with Gasteiger partial charge >= 0.3 is 0 Å². The van der Waals surface area contributed by atoms with E-state index in [1.807, 2.05) is 11.6 Å². The van der Waals surface area contributed by atoms with Crippen LogP contribution in [0, 0.1) is 5.82 Å². The molecule has 0 fully saturated rings. The zero-order valence-corrected chi connectivity index (χ0v) is 10.3. The van der Waals surface area contributed by atoms with Crippen molar-refractivity contribution in [3.8, 4) is 0 Å². The lowest BCUT2D eigenvalue weighted by Crippen LogP contribution is -2.29. The Kier molecular flexibility index (Phi) is 2.81. The minimum absolute atomic E-state index is 0.294. The number of nitrogens with zero attached hydrogens (tertiary/aromatic N) is 2. The molecule has 3 rings (SSSR count). The van der Waals surface area contributed by atoms with Crippen molar-refractivity contribution in [2.75, 3.05) is 0 Å². The van der Waals surface area contributed by atoms with Crippen molar-refractivity contribution in [3.63, 3.8) is 0 Å². The van der Waals surface area contributed by atoms with Crippen LogP contribution in [0.5, 0.6) is 0 Å². The molecule has 1 aromatic carbocycles. The molecule has 3 aromatic rings. The lowest BCUT2D eigenvalue weighted by molar-refractivity contribution is 0.464. The molecule has 0 aliphatic rings. The van der Waals surface area contributed by atoms with E-state index in [4.69, 9.17) is 10.3 Å². The number of aryl methyl sites for hydroxylation is 1. The minimum atomic E-state index is -0.331. The van der Waals surface area contributed by atoms with E-state index < -0.39 is 0 Å². The molecule has 19 heavy (non-hydrogen) atoms. The highest BCUT2D eigenvalue weighted by molar-refractivity contribution is 5.78. The number of hydrazine groups is 1. The van der Waals surface area contributed by atoms with E-state index in [9.17, 15) is 4.39 Å². The number of furan rings is 1. The van der Waals surface area contributed by atoms with E-state index >= 15 is 0 Å². The lowest BCUT2D eigenvalue weighted by Gasteiger charge is -2.13. The van der Waals surface area contributed by atoms with Crippen molar-refractivity contribution in [1.29, 1.82) is 0 Å². The molecule has 0 amide bonds. The van der Waals surface area contributed by atoms with Gasteiger partial charge in [0, 0.05) is 12.4 Å².